The molecule has 470 valence electrons. The van der Waals surface area contributed by atoms with E-state index < -0.39 is 145 Å². The van der Waals surface area contributed by atoms with Crippen molar-refractivity contribution in [3.8, 4) is 0 Å². The van der Waals surface area contributed by atoms with Crippen molar-refractivity contribution in [3.05, 3.63) is 143 Å². The fraction of sp³-hybridized carbons (Fsp3) is 0.476. The second-order valence-corrected chi connectivity index (χ2v) is 24.4. The Morgan fingerprint density at radius 2 is 1.31 bits per heavy atom. The third kappa shape index (κ3) is 13.1. The van der Waals surface area contributed by atoms with Crippen LogP contribution in [0.2, 0.25) is 0 Å². The maximum Gasteiger partial charge on any atom is 0.514 e. The molecule has 2 bridgehead atoms. The molecule has 3 heterocycles. The Morgan fingerprint density at radius 3 is 1.83 bits per heavy atom. The van der Waals surface area contributed by atoms with Crippen molar-refractivity contribution >= 4 is 53.9 Å². The molecule has 2 aromatic heterocycles. The lowest BCUT2D eigenvalue weighted by molar-refractivity contribution is -0.728. The molecule has 88 heavy (non-hydrogen) atoms. The van der Waals surface area contributed by atoms with Gasteiger partial charge in [0.2, 0.25) is 6.10 Å². The van der Waals surface area contributed by atoms with Crippen molar-refractivity contribution in [2.75, 3.05) is 34.8 Å². The van der Waals surface area contributed by atoms with Crippen LogP contribution in [-0.2, 0) is 70.5 Å². The molecule has 11 atom stereocenters. The average molecular weight is 1220 g/mol. The van der Waals surface area contributed by atoms with Crippen LogP contribution in [-0.4, -0.2) is 162 Å². The van der Waals surface area contributed by atoms with E-state index in [1.165, 1.54) is 108 Å². The van der Waals surface area contributed by atoms with E-state index in [4.69, 9.17) is 42.6 Å². The van der Waals surface area contributed by atoms with Crippen LogP contribution < -0.4 is 14.5 Å². The number of amides is 3. The number of Topliss-reactive ketones (excluding diaryl/α,β-unsaturated/α-hetero) is 1. The molecular weight excluding hydrogens is 1150 g/mol. The molecule has 1 aliphatic heterocycles. The number of aliphatic hydroxyl groups is 2. The minimum atomic E-state index is -2.64. The van der Waals surface area contributed by atoms with Gasteiger partial charge in [-0.1, -0.05) is 62.4 Å². The highest BCUT2D eigenvalue weighted by atomic mass is 16.7. The number of nitrogens with zero attached hydrogens (tertiary/aromatic N) is 4. The van der Waals surface area contributed by atoms with Crippen molar-refractivity contribution in [2.24, 2.45) is 16.7 Å². The third-order valence-electron chi connectivity index (χ3n) is 16.6. The average Bonchev–Trinajstić information content (AvgIpc) is 0.672. The first-order chi connectivity index (χ1) is 41.3. The number of benzene rings is 2. The predicted octanol–water partition coefficient (Wildman–Crippen LogP) is 4.88. The Balaban J connectivity index is 1.28. The van der Waals surface area contributed by atoms with Crippen LogP contribution in [0.4, 0.5) is 14.4 Å². The van der Waals surface area contributed by atoms with Gasteiger partial charge in [-0.05, 0) is 75.6 Å². The zero-order valence-corrected chi connectivity index (χ0v) is 51.1. The topological polar surface area (TPSA) is 303 Å². The number of hydrogen-bond acceptors (Lipinski definition) is 20. The number of fused-ring (bicyclic) bond motifs is 5. The highest BCUT2D eigenvalue weighted by Crippen LogP contribution is 2.64. The molecular formula is C63H75N5O20+2. The summed E-state index contributed by atoms with van der Waals surface area (Å²) >= 11 is 0. The second-order valence-electron chi connectivity index (χ2n) is 24.4. The van der Waals surface area contributed by atoms with E-state index in [0.29, 0.717) is 0 Å². The molecule has 3 fully saturated rings. The molecule has 25 heteroatoms. The molecule has 3 N–H and O–H groups in total. The summed E-state index contributed by atoms with van der Waals surface area (Å²) < 4.78 is 56.6. The monoisotopic (exact) mass is 1220 g/mol. The zero-order valence-electron chi connectivity index (χ0n) is 51.1. The number of carbonyl (C=O) groups is 9. The summed E-state index contributed by atoms with van der Waals surface area (Å²) in [6.07, 6.45) is -10.3. The maximum absolute atomic E-state index is 16.3. The van der Waals surface area contributed by atoms with Gasteiger partial charge in [0.25, 0.3) is 25.3 Å². The van der Waals surface area contributed by atoms with Crippen molar-refractivity contribution in [1.82, 2.24) is 15.1 Å². The summed E-state index contributed by atoms with van der Waals surface area (Å²) in [7, 11) is 6.23. The van der Waals surface area contributed by atoms with Crippen molar-refractivity contribution in [1.29, 1.82) is 0 Å². The van der Waals surface area contributed by atoms with E-state index in [1.807, 2.05) is 0 Å². The number of nitrogens with one attached hydrogen (secondary N) is 1. The highest BCUT2D eigenvalue weighted by molar-refractivity contribution is 5.96. The Labute approximate surface area is 508 Å². The van der Waals surface area contributed by atoms with Gasteiger partial charge in [0, 0.05) is 65.5 Å². The molecule has 3 aliphatic carbocycles. The van der Waals surface area contributed by atoms with Gasteiger partial charge in [-0.25, -0.2) is 24.0 Å². The molecule has 1 saturated heterocycles. The lowest BCUT2D eigenvalue weighted by atomic mass is 9.44. The van der Waals surface area contributed by atoms with Gasteiger partial charge < -0.3 is 68.0 Å². The Morgan fingerprint density at radius 1 is 0.761 bits per heavy atom. The summed E-state index contributed by atoms with van der Waals surface area (Å²) in [5.74, 6) is -6.83. The van der Waals surface area contributed by atoms with Gasteiger partial charge in [-0.15, -0.1) is 0 Å². The summed E-state index contributed by atoms with van der Waals surface area (Å²) in [4.78, 5) is 131. The number of ketones is 1. The van der Waals surface area contributed by atoms with Crippen LogP contribution in [0.25, 0.3) is 0 Å². The maximum atomic E-state index is 16.3. The summed E-state index contributed by atoms with van der Waals surface area (Å²) in [6.45, 7) is 10.0. The molecule has 4 aliphatic rings. The zero-order chi connectivity index (χ0) is 64.4. The standard InChI is InChI=1S/C63H74N5O20/c1-36-42(83-55(75)48(46(38-21-15-13-16-22-38)64-56(76)88-59(3,4)5)85-58(78)82-35-68-28-20-26-41(32-68)53(73)66(11)12)30-63(79)51(86-54(74)39-23-17-14-18-24-39)49-61(8,43(70)29-44-62(49,33-80-44)87-37(2)69)50(71)47(45(36)60(63,6)7)84-57(77)81-34-67-27-19-25-40(31-67)52(72)65(9)10/h13-28,31-32,42-44,46-49,51,70,79H,29-30,33-35H2,1-12H3/q+1/p+1/t42-,43-,44+,46-,47+,48+,49-,51-,61+,62-,63+/m0/s1. The van der Waals surface area contributed by atoms with Crippen LogP contribution in [0.15, 0.2) is 121 Å². The fourth-order valence-electron chi connectivity index (χ4n) is 12.2. The predicted molar refractivity (Wildman–Crippen MR) is 304 cm³/mol. The smallest absolute Gasteiger partial charge is 0.455 e. The molecule has 2 aromatic carbocycles. The Bertz CT molecular complexity index is 3390. The molecule has 4 aromatic rings. The van der Waals surface area contributed by atoms with Crippen LogP contribution in [0, 0.1) is 16.7 Å². The van der Waals surface area contributed by atoms with E-state index in [2.05, 4.69) is 5.32 Å². The lowest BCUT2D eigenvalue weighted by Gasteiger charge is -2.67. The molecule has 0 radical (unpaired) electrons. The van der Waals surface area contributed by atoms with Gasteiger partial charge in [0.05, 0.1) is 29.6 Å². The number of esters is 3. The SMILES string of the molecule is CC(=O)O[C@@]12CO[C@@H]1C[C@H](O)[C@@]1(C)C(=O)[C@H](OC(=O)OC[n+]3cccc(C(=O)N(C)C)c3)C3=C(C)[C@@H](OC(=O)[C@H](OC(=O)OC[n+]4cccc(C(=O)N(C)C)c4)[C@@H](NC(=O)OC(C)(C)C)c4ccccc4)C[C@@](O)([C@@H](OC(=O)c4ccccc4)[C@H]21)C3(C)C. The Hall–Kier alpha value is -8.81. The van der Waals surface area contributed by atoms with Gasteiger partial charge >= 0.3 is 36.3 Å². The number of aliphatic hydroxyl groups excluding tert-OH is 1. The van der Waals surface area contributed by atoms with E-state index >= 15 is 9.59 Å². The molecule has 8 rings (SSSR count). The van der Waals surface area contributed by atoms with Gasteiger partial charge in [-0.3, -0.25) is 19.2 Å². The number of alkyl carbamates (subject to hydrolysis) is 1. The van der Waals surface area contributed by atoms with Crippen LogP contribution in [0.5, 0.6) is 0 Å². The van der Waals surface area contributed by atoms with Crippen molar-refractivity contribution < 1.29 is 105 Å². The summed E-state index contributed by atoms with van der Waals surface area (Å²) in [6, 6.07) is 20.0. The van der Waals surface area contributed by atoms with Crippen LogP contribution in [0.3, 0.4) is 0 Å². The van der Waals surface area contributed by atoms with E-state index in [-0.39, 0.29) is 51.6 Å². The molecule has 0 unspecified atom stereocenters. The molecule has 2 saturated carbocycles. The number of aromatic nitrogens is 2. The molecule has 0 spiro atoms. The second kappa shape index (κ2) is 25.5. The number of carbonyl (C=O) groups excluding carboxylic acids is 9. The van der Waals surface area contributed by atoms with Gasteiger partial charge in [0.1, 0.15) is 46.7 Å². The molecule has 25 nitrogen and oxygen atoms in total. The fourth-order valence-corrected chi connectivity index (χ4v) is 12.2. The van der Waals surface area contributed by atoms with E-state index in [9.17, 15) is 43.8 Å². The molecule has 3 amide bonds. The van der Waals surface area contributed by atoms with Crippen molar-refractivity contribution in [3.63, 3.8) is 0 Å². The summed E-state index contributed by atoms with van der Waals surface area (Å²) in [5.41, 5.74) is -9.51. The lowest BCUT2D eigenvalue weighted by Crippen LogP contribution is -2.82. The van der Waals surface area contributed by atoms with Crippen molar-refractivity contribution in [2.45, 2.75) is 141 Å². The van der Waals surface area contributed by atoms with E-state index in [0.717, 1.165) is 6.92 Å². The minimum absolute atomic E-state index is 0.0213. The largest absolute Gasteiger partial charge is 0.514 e. The summed E-state index contributed by atoms with van der Waals surface area (Å²) in [5, 5.41) is 29.4. The highest BCUT2D eigenvalue weighted by Gasteiger charge is 2.78. The van der Waals surface area contributed by atoms with Gasteiger partial charge in [-0.2, -0.15) is 9.13 Å². The number of rotatable bonds is 16. The Kier molecular flexibility index (Phi) is 18.9. The first-order valence-electron chi connectivity index (χ1n) is 28.4. The normalized spacial score (nSPS) is 25.8. The quantitative estimate of drug-likeness (QED) is 0.0583. The number of ether oxygens (including phenoxy) is 9. The third-order valence-corrected chi connectivity index (χ3v) is 16.6. The van der Waals surface area contributed by atoms with Crippen LogP contribution >= 0.6 is 0 Å². The minimum Gasteiger partial charge on any atom is -0.455 e. The van der Waals surface area contributed by atoms with E-state index in [1.54, 1.807) is 97.5 Å². The number of pyridine rings is 2. The van der Waals surface area contributed by atoms with Crippen LogP contribution in [0.1, 0.15) is 111 Å². The first-order valence-corrected chi connectivity index (χ1v) is 28.4. The number of hydrogen-bond donors (Lipinski definition) is 3. The first kappa shape index (κ1) is 65.2. The van der Waals surface area contributed by atoms with Gasteiger partial charge in [0.15, 0.2) is 42.3 Å².